The van der Waals surface area contributed by atoms with E-state index in [2.05, 4.69) is 13.8 Å². The molecule has 2 unspecified atom stereocenters. The first-order valence-corrected chi connectivity index (χ1v) is 7.59. The van der Waals surface area contributed by atoms with E-state index < -0.39 is 0 Å². The fourth-order valence-corrected chi connectivity index (χ4v) is 4.76. The van der Waals surface area contributed by atoms with Gasteiger partial charge in [-0.3, -0.25) is 0 Å². The van der Waals surface area contributed by atoms with Crippen LogP contribution in [-0.2, 0) is 0 Å². The van der Waals surface area contributed by atoms with Crippen molar-refractivity contribution in [2.45, 2.75) is 44.9 Å². The normalized spacial score (nSPS) is 26.6. The van der Waals surface area contributed by atoms with Crippen LogP contribution in [0.3, 0.4) is 0 Å². The van der Waals surface area contributed by atoms with Crippen LogP contribution in [0.2, 0.25) is 5.02 Å². The quantitative estimate of drug-likeness (QED) is 0.590. The van der Waals surface area contributed by atoms with Crippen molar-refractivity contribution in [3.63, 3.8) is 0 Å². The Labute approximate surface area is 112 Å². The van der Waals surface area contributed by atoms with Gasteiger partial charge in [-0.2, -0.15) is 0 Å². The van der Waals surface area contributed by atoms with Crippen LogP contribution in [0.5, 0.6) is 0 Å². The summed E-state index contributed by atoms with van der Waals surface area (Å²) in [6, 6.07) is 1.95. The summed E-state index contributed by atoms with van der Waals surface area (Å²) in [5.74, 6) is 0.555. The van der Waals surface area contributed by atoms with Gasteiger partial charge in [0.15, 0.2) is 0 Å². The molecule has 1 aromatic heterocycles. The third-order valence-corrected chi connectivity index (χ3v) is 5.93. The predicted molar refractivity (Wildman–Crippen MR) is 73.7 cm³/mol. The van der Waals surface area contributed by atoms with Crippen molar-refractivity contribution in [1.82, 2.24) is 0 Å². The van der Waals surface area contributed by atoms with Crippen molar-refractivity contribution >= 4 is 34.5 Å². The van der Waals surface area contributed by atoms with Gasteiger partial charge in [-0.15, -0.1) is 22.9 Å². The Kier molecular flexibility index (Phi) is 3.88. The molecule has 0 aliphatic heterocycles. The molecule has 90 valence electrons. The fraction of sp³-hybridized carbons (Fsp3) is 0.692. The molecule has 0 nitrogen and oxygen atoms in total. The monoisotopic (exact) mass is 276 g/mol. The van der Waals surface area contributed by atoms with Crippen LogP contribution in [0.25, 0.3) is 0 Å². The Morgan fingerprint density at radius 3 is 2.75 bits per heavy atom. The van der Waals surface area contributed by atoms with Gasteiger partial charge < -0.3 is 0 Å². The zero-order chi connectivity index (χ0) is 11.8. The van der Waals surface area contributed by atoms with Crippen molar-refractivity contribution < 1.29 is 0 Å². The molecule has 0 aromatic carbocycles. The molecule has 1 aliphatic rings. The largest absolute Gasteiger partial charge is 0.146 e. The summed E-state index contributed by atoms with van der Waals surface area (Å²) in [6.07, 6.45) is 5.16. The van der Waals surface area contributed by atoms with E-state index >= 15 is 0 Å². The Hall–Kier alpha value is 0.280. The average molecular weight is 277 g/mol. The molecule has 0 bridgehead atoms. The molecule has 0 spiro atoms. The van der Waals surface area contributed by atoms with Crippen LogP contribution in [0.1, 0.15) is 49.8 Å². The Morgan fingerprint density at radius 2 is 2.19 bits per heavy atom. The Bertz CT molecular complexity index is 357. The van der Waals surface area contributed by atoms with Crippen LogP contribution in [0.4, 0.5) is 0 Å². The van der Waals surface area contributed by atoms with Crippen LogP contribution in [0, 0.1) is 11.3 Å². The van der Waals surface area contributed by atoms with E-state index in [4.69, 9.17) is 23.2 Å². The third kappa shape index (κ3) is 2.42. The maximum atomic E-state index is 6.64. The highest BCUT2D eigenvalue weighted by molar-refractivity contribution is 7.11. The highest BCUT2D eigenvalue weighted by atomic mass is 35.5. The smallest absolute Gasteiger partial charge is 0.0726 e. The molecular formula is C13H18Cl2S. The summed E-state index contributed by atoms with van der Waals surface area (Å²) in [7, 11) is 0. The van der Waals surface area contributed by atoms with Crippen molar-refractivity contribution in [2.24, 2.45) is 11.3 Å². The summed E-state index contributed by atoms with van der Waals surface area (Å²) in [5, 5.41) is 2.96. The highest BCUT2D eigenvalue weighted by Crippen LogP contribution is 2.51. The van der Waals surface area contributed by atoms with E-state index in [9.17, 15) is 0 Å². The maximum absolute atomic E-state index is 6.64. The van der Waals surface area contributed by atoms with Gasteiger partial charge in [-0.25, -0.2) is 0 Å². The number of hydrogen-bond acceptors (Lipinski definition) is 1. The first-order chi connectivity index (χ1) is 7.52. The summed E-state index contributed by atoms with van der Waals surface area (Å²) in [5.41, 5.74) is 0.345. The molecule has 1 saturated carbocycles. The molecule has 0 amide bonds. The molecule has 3 heteroatoms. The minimum Gasteiger partial charge on any atom is -0.146 e. The van der Waals surface area contributed by atoms with E-state index in [1.54, 1.807) is 11.3 Å². The molecule has 1 aromatic rings. The topological polar surface area (TPSA) is 0 Å². The zero-order valence-electron chi connectivity index (χ0n) is 9.80. The summed E-state index contributed by atoms with van der Waals surface area (Å²) in [6.45, 7) is 4.68. The van der Waals surface area contributed by atoms with Gasteiger partial charge in [-0.05, 0) is 35.6 Å². The van der Waals surface area contributed by atoms with Gasteiger partial charge in [0.05, 0.1) is 10.4 Å². The Morgan fingerprint density at radius 1 is 1.44 bits per heavy atom. The molecule has 1 heterocycles. The summed E-state index contributed by atoms with van der Waals surface area (Å²) >= 11 is 14.5. The minimum atomic E-state index is 0.0859. The predicted octanol–water partition coefficient (Wildman–Crippen LogP) is 5.90. The fourth-order valence-electron chi connectivity index (χ4n) is 2.75. The molecule has 0 radical (unpaired) electrons. The molecule has 2 rings (SSSR count). The lowest BCUT2D eigenvalue weighted by molar-refractivity contribution is 0.134. The lowest BCUT2D eigenvalue weighted by Crippen LogP contribution is -2.30. The van der Waals surface area contributed by atoms with Gasteiger partial charge >= 0.3 is 0 Å². The standard InChI is InChI=1S/C13H18Cl2S/c1-13(2)7-4-3-5-9(13)11(15)12-10(14)6-8-16-12/h6,8-9,11H,3-5,7H2,1-2H3. The average Bonchev–Trinajstić information content (AvgIpc) is 2.63. The van der Waals surface area contributed by atoms with Gasteiger partial charge in [-0.1, -0.05) is 38.3 Å². The van der Waals surface area contributed by atoms with E-state index in [0.29, 0.717) is 11.3 Å². The number of alkyl halides is 1. The first kappa shape index (κ1) is 12.7. The molecule has 0 saturated heterocycles. The number of hydrogen-bond donors (Lipinski definition) is 0. The van der Waals surface area contributed by atoms with Gasteiger partial charge in [0, 0.05) is 4.88 Å². The minimum absolute atomic E-state index is 0.0859. The molecule has 1 fully saturated rings. The van der Waals surface area contributed by atoms with Crippen molar-refractivity contribution in [1.29, 1.82) is 0 Å². The van der Waals surface area contributed by atoms with Crippen LogP contribution in [-0.4, -0.2) is 0 Å². The lowest BCUT2D eigenvalue weighted by atomic mass is 9.67. The van der Waals surface area contributed by atoms with Crippen LogP contribution < -0.4 is 0 Å². The molecule has 16 heavy (non-hydrogen) atoms. The molecular weight excluding hydrogens is 259 g/mol. The second kappa shape index (κ2) is 4.88. The summed E-state index contributed by atoms with van der Waals surface area (Å²) < 4.78 is 0. The van der Waals surface area contributed by atoms with E-state index in [0.717, 1.165) is 9.90 Å². The van der Waals surface area contributed by atoms with Gasteiger partial charge in [0.2, 0.25) is 0 Å². The van der Waals surface area contributed by atoms with Crippen molar-refractivity contribution in [3.05, 3.63) is 21.3 Å². The van der Waals surface area contributed by atoms with Gasteiger partial charge in [0.1, 0.15) is 0 Å². The summed E-state index contributed by atoms with van der Waals surface area (Å²) in [4.78, 5) is 1.16. The van der Waals surface area contributed by atoms with Crippen molar-refractivity contribution in [3.8, 4) is 0 Å². The third-order valence-electron chi connectivity index (χ3n) is 3.84. The van der Waals surface area contributed by atoms with Crippen molar-refractivity contribution in [2.75, 3.05) is 0 Å². The lowest BCUT2D eigenvalue weighted by Gasteiger charge is -2.41. The van der Waals surface area contributed by atoms with E-state index in [-0.39, 0.29) is 5.38 Å². The SMILES string of the molecule is CC1(C)CCCCC1C(Cl)c1sccc1Cl. The number of rotatable bonds is 2. The van der Waals surface area contributed by atoms with E-state index in [1.807, 2.05) is 11.4 Å². The highest BCUT2D eigenvalue weighted by Gasteiger charge is 2.38. The zero-order valence-corrected chi connectivity index (χ0v) is 12.1. The first-order valence-electron chi connectivity index (χ1n) is 5.89. The second-order valence-electron chi connectivity index (χ2n) is 5.38. The molecule has 0 N–H and O–H groups in total. The maximum Gasteiger partial charge on any atom is 0.0726 e. The second-order valence-corrected chi connectivity index (χ2v) is 7.20. The van der Waals surface area contributed by atoms with Crippen LogP contribution >= 0.6 is 34.5 Å². The Balaban J connectivity index is 2.20. The number of halogens is 2. The van der Waals surface area contributed by atoms with Gasteiger partial charge in [0.25, 0.3) is 0 Å². The van der Waals surface area contributed by atoms with E-state index in [1.165, 1.54) is 25.7 Å². The molecule has 1 aliphatic carbocycles. The number of thiophene rings is 1. The molecule has 2 atom stereocenters. The van der Waals surface area contributed by atoms with Crippen LogP contribution in [0.15, 0.2) is 11.4 Å².